The smallest absolute Gasteiger partial charge is 0.191 e. The number of thiophene rings is 1. The van der Waals surface area contributed by atoms with E-state index in [1.807, 2.05) is 49.6 Å². The maximum Gasteiger partial charge on any atom is 0.191 e. The van der Waals surface area contributed by atoms with Gasteiger partial charge in [0.2, 0.25) is 0 Å². The van der Waals surface area contributed by atoms with Gasteiger partial charge < -0.3 is 25.2 Å². The van der Waals surface area contributed by atoms with Crippen LogP contribution < -0.4 is 20.1 Å². The number of hydrogen-bond acceptors (Lipinski definition) is 5. The lowest BCUT2D eigenvalue weighted by Crippen LogP contribution is -2.44. The number of ether oxygens (including phenoxy) is 2. The summed E-state index contributed by atoms with van der Waals surface area (Å²) in [6.45, 7) is 5.38. The molecule has 0 bridgehead atoms. The number of methoxy groups -OCH3 is 1. The Hall–Kier alpha value is -1.52. The molecule has 3 N–H and O–H groups in total. The average molecular weight is 560 g/mol. The molecule has 1 fully saturated rings. The number of aliphatic imine (C=N–C) groups is 1. The van der Waals surface area contributed by atoms with Crippen molar-refractivity contribution in [3.63, 3.8) is 0 Å². The van der Waals surface area contributed by atoms with Crippen LogP contribution in [0.15, 0.2) is 40.7 Å². The van der Waals surface area contributed by atoms with E-state index in [1.165, 1.54) is 12.8 Å². The Morgan fingerprint density at radius 3 is 2.65 bits per heavy atom. The highest BCUT2D eigenvalue weighted by Crippen LogP contribution is 2.35. The van der Waals surface area contributed by atoms with Crippen molar-refractivity contribution >= 4 is 41.3 Å². The van der Waals surface area contributed by atoms with Crippen LogP contribution in [0.4, 0.5) is 0 Å². The SMILES string of the molecule is CCNC(=NCc1cccc(OC)c1OC1CCCC1)NCC(C)(O)c1cccs1.I. The van der Waals surface area contributed by atoms with Crippen molar-refractivity contribution < 1.29 is 14.6 Å². The average Bonchev–Trinajstić information content (AvgIpc) is 3.45. The van der Waals surface area contributed by atoms with E-state index in [0.717, 1.165) is 41.3 Å². The molecule has 1 unspecified atom stereocenters. The van der Waals surface area contributed by atoms with Crippen LogP contribution >= 0.6 is 35.3 Å². The maximum atomic E-state index is 10.8. The van der Waals surface area contributed by atoms with Crippen molar-refractivity contribution in [2.24, 2.45) is 4.99 Å². The van der Waals surface area contributed by atoms with E-state index in [2.05, 4.69) is 10.6 Å². The summed E-state index contributed by atoms with van der Waals surface area (Å²) in [4.78, 5) is 5.65. The van der Waals surface area contributed by atoms with Gasteiger partial charge in [-0.15, -0.1) is 35.3 Å². The number of rotatable bonds is 9. The topological polar surface area (TPSA) is 75.1 Å². The second-order valence-electron chi connectivity index (χ2n) is 7.77. The summed E-state index contributed by atoms with van der Waals surface area (Å²) in [5, 5.41) is 19.3. The van der Waals surface area contributed by atoms with Crippen molar-refractivity contribution in [3.8, 4) is 11.5 Å². The largest absolute Gasteiger partial charge is 0.493 e. The second kappa shape index (κ2) is 12.5. The van der Waals surface area contributed by atoms with Crippen LogP contribution in [0.2, 0.25) is 0 Å². The van der Waals surface area contributed by atoms with Gasteiger partial charge in [0.1, 0.15) is 5.60 Å². The molecule has 1 aromatic carbocycles. The van der Waals surface area contributed by atoms with Crippen LogP contribution in [0, 0.1) is 0 Å². The Morgan fingerprint density at radius 2 is 2.00 bits per heavy atom. The zero-order chi connectivity index (χ0) is 21.4. The fourth-order valence-electron chi connectivity index (χ4n) is 3.59. The van der Waals surface area contributed by atoms with Crippen molar-refractivity contribution in [1.29, 1.82) is 0 Å². The lowest BCUT2D eigenvalue weighted by atomic mass is 10.1. The number of aliphatic hydroxyl groups is 1. The van der Waals surface area contributed by atoms with Gasteiger partial charge in [-0.3, -0.25) is 0 Å². The minimum absolute atomic E-state index is 0. The number of para-hydroxylation sites is 1. The van der Waals surface area contributed by atoms with Gasteiger partial charge in [0, 0.05) is 17.0 Å². The van der Waals surface area contributed by atoms with Gasteiger partial charge in [-0.1, -0.05) is 18.2 Å². The molecular weight excluding hydrogens is 525 g/mol. The fourth-order valence-corrected chi connectivity index (χ4v) is 4.37. The van der Waals surface area contributed by atoms with E-state index in [4.69, 9.17) is 14.5 Å². The van der Waals surface area contributed by atoms with Crippen molar-refractivity contribution in [3.05, 3.63) is 46.2 Å². The molecule has 1 heterocycles. The first-order chi connectivity index (χ1) is 14.5. The molecule has 1 atom stereocenters. The fraction of sp³-hybridized carbons (Fsp3) is 0.522. The molecule has 0 amide bonds. The van der Waals surface area contributed by atoms with E-state index >= 15 is 0 Å². The Bertz CT molecular complexity index is 821. The number of hydrogen-bond donors (Lipinski definition) is 3. The third kappa shape index (κ3) is 7.25. The first kappa shape index (κ1) is 25.7. The van der Waals surface area contributed by atoms with E-state index in [-0.39, 0.29) is 30.1 Å². The van der Waals surface area contributed by atoms with Crippen LogP contribution in [0.3, 0.4) is 0 Å². The molecule has 1 saturated carbocycles. The Balaban J connectivity index is 0.00000341. The lowest BCUT2D eigenvalue weighted by molar-refractivity contribution is 0.0655. The minimum Gasteiger partial charge on any atom is -0.493 e. The number of nitrogens with one attached hydrogen (secondary N) is 2. The Kier molecular flexibility index (Phi) is 10.4. The first-order valence-electron chi connectivity index (χ1n) is 10.6. The van der Waals surface area contributed by atoms with Gasteiger partial charge in [-0.2, -0.15) is 0 Å². The molecule has 31 heavy (non-hydrogen) atoms. The maximum absolute atomic E-state index is 10.8. The normalized spacial score (nSPS) is 16.3. The molecule has 1 aromatic heterocycles. The molecule has 172 valence electrons. The quantitative estimate of drug-likeness (QED) is 0.237. The van der Waals surface area contributed by atoms with Gasteiger partial charge in [0.05, 0.1) is 26.3 Å². The molecule has 0 saturated heterocycles. The molecule has 2 aromatic rings. The third-order valence-electron chi connectivity index (χ3n) is 5.27. The summed E-state index contributed by atoms with van der Waals surface area (Å²) in [7, 11) is 1.67. The van der Waals surface area contributed by atoms with E-state index in [9.17, 15) is 5.11 Å². The summed E-state index contributed by atoms with van der Waals surface area (Å²) in [5.74, 6) is 2.19. The zero-order valence-corrected chi connectivity index (χ0v) is 21.7. The number of benzene rings is 1. The molecule has 0 spiro atoms. The van der Waals surface area contributed by atoms with Crippen LogP contribution in [0.5, 0.6) is 11.5 Å². The van der Waals surface area contributed by atoms with Crippen molar-refractivity contribution in [2.75, 3.05) is 20.2 Å². The number of nitrogens with zero attached hydrogens (tertiary/aromatic N) is 1. The first-order valence-corrected chi connectivity index (χ1v) is 11.5. The van der Waals surface area contributed by atoms with Gasteiger partial charge in [-0.05, 0) is 57.0 Å². The Labute approximate surface area is 206 Å². The predicted molar refractivity (Wildman–Crippen MR) is 138 cm³/mol. The van der Waals surface area contributed by atoms with Crippen LogP contribution in [0.1, 0.15) is 50.0 Å². The van der Waals surface area contributed by atoms with Crippen molar-refractivity contribution in [2.45, 2.75) is 57.8 Å². The molecular formula is C23H34IN3O3S. The molecule has 6 nitrogen and oxygen atoms in total. The highest BCUT2D eigenvalue weighted by molar-refractivity contribution is 14.0. The summed E-state index contributed by atoms with van der Waals surface area (Å²) >= 11 is 1.55. The molecule has 8 heteroatoms. The summed E-state index contributed by atoms with van der Waals surface area (Å²) in [5.41, 5.74) is 0.0281. The highest BCUT2D eigenvalue weighted by Gasteiger charge is 2.24. The van der Waals surface area contributed by atoms with Gasteiger partial charge in [0.25, 0.3) is 0 Å². The molecule has 1 aliphatic carbocycles. The zero-order valence-electron chi connectivity index (χ0n) is 18.5. The summed E-state index contributed by atoms with van der Waals surface area (Å²) < 4.78 is 11.9. The lowest BCUT2D eigenvalue weighted by Gasteiger charge is -2.24. The minimum atomic E-state index is -0.961. The Morgan fingerprint density at radius 1 is 1.23 bits per heavy atom. The van der Waals surface area contributed by atoms with E-state index in [0.29, 0.717) is 19.0 Å². The van der Waals surface area contributed by atoms with Gasteiger partial charge >= 0.3 is 0 Å². The molecule has 3 rings (SSSR count). The van der Waals surface area contributed by atoms with Crippen LogP contribution in [-0.4, -0.2) is 37.4 Å². The van der Waals surface area contributed by atoms with Crippen LogP contribution in [0.25, 0.3) is 0 Å². The standard InChI is InChI=1S/C23H33N3O3S.HI/c1-4-24-22(26-16-23(2,27)20-13-8-14-30-20)25-15-17-9-7-12-19(28-3)21(17)29-18-10-5-6-11-18;/h7-9,12-14,18,27H,4-6,10-11,15-16H2,1-3H3,(H2,24,25,26);1H. The predicted octanol–water partition coefficient (Wildman–Crippen LogP) is 4.66. The summed E-state index contributed by atoms with van der Waals surface area (Å²) in [6, 6.07) is 9.82. The highest BCUT2D eigenvalue weighted by atomic mass is 127. The third-order valence-corrected chi connectivity index (χ3v) is 6.39. The second-order valence-corrected chi connectivity index (χ2v) is 8.72. The molecule has 0 aliphatic heterocycles. The van der Waals surface area contributed by atoms with Gasteiger partial charge in [-0.25, -0.2) is 4.99 Å². The van der Waals surface area contributed by atoms with Crippen LogP contribution in [-0.2, 0) is 12.1 Å². The molecule has 1 aliphatic rings. The molecule has 0 radical (unpaired) electrons. The van der Waals surface area contributed by atoms with E-state index in [1.54, 1.807) is 18.4 Å². The number of guanidine groups is 1. The van der Waals surface area contributed by atoms with Gasteiger partial charge in [0.15, 0.2) is 17.5 Å². The van der Waals surface area contributed by atoms with Crippen molar-refractivity contribution in [1.82, 2.24) is 10.6 Å². The number of halogens is 1. The summed E-state index contributed by atoms with van der Waals surface area (Å²) in [6.07, 6.45) is 4.85. The monoisotopic (exact) mass is 559 g/mol. The van der Waals surface area contributed by atoms with E-state index < -0.39 is 5.60 Å².